The van der Waals surface area contributed by atoms with Gasteiger partial charge in [-0.05, 0) is 69.4 Å². The van der Waals surface area contributed by atoms with E-state index in [1.807, 2.05) is 12.1 Å². The van der Waals surface area contributed by atoms with Crippen LogP contribution in [0.5, 0.6) is 5.75 Å². The number of phenolic OH excluding ortho intramolecular Hbond substituents is 1. The Kier molecular flexibility index (Phi) is 12.5. The molecule has 8 heteroatoms. The van der Waals surface area contributed by atoms with Crippen LogP contribution in [-0.4, -0.2) is 52.1 Å². The molecule has 1 saturated carbocycles. The molecule has 1 aliphatic rings. The van der Waals surface area contributed by atoms with E-state index >= 15 is 0 Å². The number of aromatic hydroxyl groups is 1. The summed E-state index contributed by atoms with van der Waals surface area (Å²) >= 11 is 0. The van der Waals surface area contributed by atoms with Crippen molar-refractivity contribution < 1.29 is 24.2 Å². The zero-order valence-electron chi connectivity index (χ0n) is 26.0. The first-order valence-electron chi connectivity index (χ1n) is 15.5. The topological polar surface area (TPSA) is 108 Å². The van der Waals surface area contributed by atoms with E-state index in [1.54, 1.807) is 49.9 Å². The van der Waals surface area contributed by atoms with E-state index in [2.05, 4.69) is 23.5 Å². The fraction of sp³-hybridized carbons (Fsp3) is 0.514. The minimum absolute atomic E-state index is 0.0297. The number of amides is 3. The molecule has 3 N–H and O–H groups in total. The molecule has 0 spiro atoms. The summed E-state index contributed by atoms with van der Waals surface area (Å²) in [7, 11) is 0. The third kappa shape index (κ3) is 10.3. The highest BCUT2D eigenvalue weighted by Gasteiger charge is 2.37. The van der Waals surface area contributed by atoms with Crippen LogP contribution in [0.2, 0.25) is 0 Å². The highest BCUT2D eigenvalue weighted by atomic mass is 16.6. The van der Waals surface area contributed by atoms with Crippen LogP contribution >= 0.6 is 0 Å². The second kappa shape index (κ2) is 16.0. The van der Waals surface area contributed by atoms with Gasteiger partial charge in [-0.2, -0.15) is 0 Å². The van der Waals surface area contributed by atoms with Gasteiger partial charge in [0.2, 0.25) is 11.8 Å². The number of hydrogen-bond acceptors (Lipinski definition) is 5. The van der Waals surface area contributed by atoms with Gasteiger partial charge in [0.25, 0.3) is 0 Å². The first-order chi connectivity index (χ1) is 20.5. The van der Waals surface area contributed by atoms with Crippen LogP contribution in [0.3, 0.4) is 0 Å². The number of nitrogens with one attached hydrogen (secondary N) is 2. The first-order valence-corrected chi connectivity index (χ1v) is 15.5. The third-order valence-corrected chi connectivity index (χ3v) is 7.57. The first kappa shape index (κ1) is 33.5. The van der Waals surface area contributed by atoms with E-state index in [0.29, 0.717) is 24.1 Å². The number of terminal acetylenes is 1. The van der Waals surface area contributed by atoms with Crippen LogP contribution < -0.4 is 10.6 Å². The average molecular weight is 590 g/mol. The van der Waals surface area contributed by atoms with Gasteiger partial charge in [0.1, 0.15) is 23.4 Å². The van der Waals surface area contributed by atoms with Crippen molar-refractivity contribution in [2.45, 2.75) is 109 Å². The Bertz CT molecular complexity index is 1260. The van der Waals surface area contributed by atoms with Crippen molar-refractivity contribution in [3.05, 3.63) is 65.2 Å². The molecule has 43 heavy (non-hydrogen) atoms. The standard InChI is InChI=1S/C35H47N3O5/c1-6-8-14-23-38(31(29-18-13-12-15-26(29)7-2)32(40)36-27-16-10-9-11-17-27)33(41)30(37-34(42)43-35(3,4)5)24-25-19-21-28(39)22-20-25/h2,12-13,15,18-22,27,30-31,39H,6,8-11,14,16-17,23-24H2,1,3-5H3,(H,36,40)(H,37,42). The molecule has 2 atom stereocenters. The molecule has 8 nitrogen and oxygen atoms in total. The van der Waals surface area contributed by atoms with Gasteiger partial charge in [0.15, 0.2) is 0 Å². The van der Waals surface area contributed by atoms with E-state index in [0.717, 1.165) is 50.5 Å². The third-order valence-electron chi connectivity index (χ3n) is 7.57. The molecule has 2 aromatic rings. The van der Waals surface area contributed by atoms with Gasteiger partial charge in [-0.3, -0.25) is 9.59 Å². The Morgan fingerprint density at radius 2 is 1.72 bits per heavy atom. The predicted octanol–water partition coefficient (Wildman–Crippen LogP) is 6.02. The Labute approximate surface area is 256 Å². The van der Waals surface area contributed by atoms with Crippen molar-refractivity contribution in [3.8, 4) is 18.1 Å². The summed E-state index contributed by atoms with van der Waals surface area (Å²) < 4.78 is 5.52. The summed E-state index contributed by atoms with van der Waals surface area (Å²) in [6.07, 6.45) is 12.8. The van der Waals surface area contributed by atoms with Crippen LogP contribution in [0.4, 0.5) is 4.79 Å². The van der Waals surface area contributed by atoms with Crippen molar-refractivity contribution in [3.63, 3.8) is 0 Å². The second-order valence-electron chi connectivity index (χ2n) is 12.3. The number of carbonyl (C=O) groups is 3. The molecule has 2 unspecified atom stereocenters. The van der Waals surface area contributed by atoms with Crippen LogP contribution in [0.25, 0.3) is 0 Å². The number of hydrogen-bond donors (Lipinski definition) is 3. The molecular formula is C35H47N3O5. The molecule has 0 saturated heterocycles. The summed E-state index contributed by atoms with van der Waals surface area (Å²) in [5.74, 6) is 2.10. The summed E-state index contributed by atoms with van der Waals surface area (Å²) in [6.45, 7) is 7.63. The molecule has 0 heterocycles. The second-order valence-corrected chi connectivity index (χ2v) is 12.3. The minimum Gasteiger partial charge on any atom is -0.508 e. The van der Waals surface area contributed by atoms with Crippen molar-refractivity contribution in [2.24, 2.45) is 0 Å². The lowest BCUT2D eigenvalue weighted by Gasteiger charge is -2.36. The van der Waals surface area contributed by atoms with E-state index in [4.69, 9.17) is 11.2 Å². The molecule has 2 aromatic carbocycles. The van der Waals surface area contributed by atoms with Crippen LogP contribution in [-0.2, 0) is 20.7 Å². The van der Waals surface area contributed by atoms with Crippen molar-refractivity contribution in [1.29, 1.82) is 0 Å². The Morgan fingerprint density at radius 3 is 2.35 bits per heavy atom. The Hall–Kier alpha value is -3.99. The molecule has 0 bridgehead atoms. The van der Waals surface area contributed by atoms with Gasteiger partial charge in [-0.25, -0.2) is 4.79 Å². The summed E-state index contributed by atoms with van der Waals surface area (Å²) in [4.78, 5) is 43.3. The van der Waals surface area contributed by atoms with Crippen LogP contribution in [0, 0.1) is 12.3 Å². The molecule has 3 rings (SSSR count). The van der Waals surface area contributed by atoms with Crippen molar-refractivity contribution >= 4 is 17.9 Å². The Morgan fingerprint density at radius 1 is 1.05 bits per heavy atom. The number of nitrogens with zero attached hydrogens (tertiary/aromatic N) is 1. The average Bonchev–Trinajstić information content (AvgIpc) is 2.97. The Balaban J connectivity index is 2.06. The monoisotopic (exact) mass is 589 g/mol. The lowest BCUT2D eigenvalue weighted by Crippen LogP contribution is -2.54. The number of ether oxygens (including phenoxy) is 1. The normalized spacial score (nSPS) is 15.0. The number of phenols is 1. The summed E-state index contributed by atoms with van der Waals surface area (Å²) in [5.41, 5.74) is 1.07. The van der Waals surface area contributed by atoms with E-state index < -0.39 is 29.7 Å². The zero-order valence-corrected chi connectivity index (χ0v) is 26.0. The largest absolute Gasteiger partial charge is 0.508 e. The smallest absolute Gasteiger partial charge is 0.408 e. The molecular weight excluding hydrogens is 542 g/mol. The highest BCUT2D eigenvalue weighted by Crippen LogP contribution is 2.28. The maximum atomic E-state index is 14.6. The van der Waals surface area contributed by atoms with E-state index in [-0.39, 0.29) is 24.1 Å². The molecule has 0 aliphatic heterocycles. The molecule has 1 fully saturated rings. The van der Waals surface area contributed by atoms with Gasteiger partial charge in [0, 0.05) is 24.6 Å². The minimum atomic E-state index is -1.04. The zero-order chi connectivity index (χ0) is 31.4. The fourth-order valence-electron chi connectivity index (χ4n) is 5.46. The number of rotatable bonds is 12. The van der Waals surface area contributed by atoms with Crippen LogP contribution in [0.1, 0.15) is 102 Å². The molecule has 232 valence electrons. The van der Waals surface area contributed by atoms with Gasteiger partial charge >= 0.3 is 6.09 Å². The predicted molar refractivity (Wildman–Crippen MR) is 168 cm³/mol. The fourth-order valence-corrected chi connectivity index (χ4v) is 5.46. The maximum absolute atomic E-state index is 14.6. The molecule has 3 amide bonds. The van der Waals surface area contributed by atoms with E-state index in [9.17, 15) is 19.5 Å². The SMILES string of the molecule is C#Cc1ccccc1C(C(=O)NC1CCCCC1)N(CCCCC)C(=O)C(Cc1ccc(O)cc1)NC(=O)OC(C)(C)C. The van der Waals surface area contributed by atoms with Crippen molar-refractivity contribution in [2.75, 3.05) is 6.54 Å². The molecule has 0 aromatic heterocycles. The lowest BCUT2D eigenvalue weighted by atomic mass is 9.93. The summed E-state index contributed by atoms with van der Waals surface area (Å²) in [5, 5.41) is 15.8. The highest BCUT2D eigenvalue weighted by molar-refractivity contribution is 5.92. The van der Waals surface area contributed by atoms with Crippen molar-refractivity contribution in [1.82, 2.24) is 15.5 Å². The number of alkyl carbamates (subject to hydrolysis) is 1. The van der Waals surface area contributed by atoms with Gasteiger partial charge < -0.3 is 25.4 Å². The quantitative estimate of drug-likeness (QED) is 0.207. The number of benzene rings is 2. The number of carbonyl (C=O) groups excluding carboxylic acids is 3. The summed E-state index contributed by atoms with van der Waals surface area (Å²) in [6, 6.07) is 11.7. The van der Waals surface area contributed by atoms with Crippen LogP contribution in [0.15, 0.2) is 48.5 Å². The lowest BCUT2D eigenvalue weighted by molar-refractivity contribution is -0.143. The molecule has 0 radical (unpaired) electrons. The van der Waals surface area contributed by atoms with E-state index in [1.165, 1.54) is 12.1 Å². The van der Waals surface area contributed by atoms with Gasteiger partial charge in [0.05, 0.1) is 0 Å². The van der Waals surface area contributed by atoms with Gasteiger partial charge in [-0.15, -0.1) is 6.42 Å². The maximum Gasteiger partial charge on any atom is 0.408 e. The number of unbranched alkanes of at least 4 members (excludes halogenated alkanes) is 2. The molecule has 1 aliphatic carbocycles. The van der Waals surface area contributed by atoms with Gasteiger partial charge in [-0.1, -0.05) is 75.3 Å².